The molecule has 1 N–H and O–H groups in total. The van der Waals surface area contributed by atoms with Crippen molar-refractivity contribution in [1.29, 1.82) is 0 Å². The first-order valence-corrected chi connectivity index (χ1v) is 7.87. The van der Waals surface area contributed by atoms with Gasteiger partial charge < -0.3 is 9.88 Å². The third kappa shape index (κ3) is 2.62. The Hall–Kier alpha value is -1.65. The lowest BCUT2D eigenvalue weighted by atomic mass is 10.2. The molecule has 3 nitrogen and oxygen atoms in total. The van der Waals surface area contributed by atoms with E-state index in [4.69, 9.17) is 0 Å². The summed E-state index contributed by atoms with van der Waals surface area (Å²) in [5.74, 6) is 1.08. The molecule has 3 rings (SSSR count). The topological polar surface area (TPSA) is 29.9 Å². The average molecular weight is 285 g/mol. The third-order valence-corrected chi connectivity index (χ3v) is 4.38. The van der Waals surface area contributed by atoms with Crippen LogP contribution < -0.4 is 5.32 Å². The minimum absolute atomic E-state index is 0.399. The third-order valence-electron chi connectivity index (χ3n) is 3.67. The fourth-order valence-electron chi connectivity index (χ4n) is 2.51. The Kier molecular flexibility index (Phi) is 3.85. The van der Waals surface area contributed by atoms with E-state index in [0.29, 0.717) is 6.04 Å². The highest BCUT2D eigenvalue weighted by atomic mass is 32.1. The van der Waals surface area contributed by atoms with Crippen LogP contribution in [0, 0.1) is 6.92 Å². The summed E-state index contributed by atoms with van der Waals surface area (Å²) in [4.78, 5) is 4.60. The van der Waals surface area contributed by atoms with Gasteiger partial charge in [0.15, 0.2) is 0 Å². The van der Waals surface area contributed by atoms with Gasteiger partial charge in [0.25, 0.3) is 0 Å². The Balaban J connectivity index is 1.67. The Morgan fingerprint density at radius 3 is 2.95 bits per heavy atom. The fraction of sp³-hybridized carbons (Fsp3) is 0.312. The molecule has 20 heavy (non-hydrogen) atoms. The number of thiophene rings is 1. The van der Waals surface area contributed by atoms with Crippen molar-refractivity contribution in [2.45, 2.75) is 26.4 Å². The molecule has 3 aromatic rings. The highest BCUT2D eigenvalue weighted by Crippen LogP contribution is 2.17. The maximum absolute atomic E-state index is 4.60. The molecule has 1 atom stereocenters. The molecule has 0 bridgehead atoms. The van der Waals surface area contributed by atoms with Gasteiger partial charge in [-0.3, -0.25) is 0 Å². The molecule has 0 saturated heterocycles. The van der Waals surface area contributed by atoms with Crippen LogP contribution in [-0.2, 0) is 6.54 Å². The molecule has 0 aliphatic rings. The van der Waals surface area contributed by atoms with Crippen molar-refractivity contribution in [1.82, 2.24) is 14.9 Å². The number of hydrogen-bond donors (Lipinski definition) is 1. The molecular formula is C16H19N3S. The molecule has 1 unspecified atom stereocenters. The van der Waals surface area contributed by atoms with Crippen LogP contribution in [-0.4, -0.2) is 16.1 Å². The van der Waals surface area contributed by atoms with E-state index in [1.165, 1.54) is 11.1 Å². The molecule has 1 aromatic carbocycles. The molecule has 0 saturated carbocycles. The van der Waals surface area contributed by atoms with Gasteiger partial charge in [-0.1, -0.05) is 12.1 Å². The summed E-state index contributed by atoms with van der Waals surface area (Å²) in [6.07, 6.45) is 0. The number of benzene rings is 1. The standard InChI is InChI=1S/C16H19N3S/c1-12(14-7-10-20-11-14)17-8-9-19-13(2)18-15-5-3-4-6-16(15)19/h3-7,10-12,17H,8-9H2,1-2H3. The number of hydrogen-bond acceptors (Lipinski definition) is 3. The van der Waals surface area contributed by atoms with E-state index in [-0.39, 0.29) is 0 Å². The van der Waals surface area contributed by atoms with E-state index in [2.05, 4.69) is 63.7 Å². The van der Waals surface area contributed by atoms with Crippen LogP contribution in [0.3, 0.4) is 0 Å². The lowest BCUT2D eigenvalue weighted by molar-refractivity contribution is 0.532. The Morgan fingerprint density at radius 2 is 2.15 bits per heavy atom. The maximum atomic E-state index is 4.60. The number of nitrogens with zero attached hydrogens (tertiary/aromatic N) is 2. The van der Waals surface area contributed by atoms with E-state index in [1.54, 1.807) is 11.3 Å². The van der Waals surface area contributed by atoms with E-state index in [1.807, 2.05) is 6.07 Å². The molecule has 0 fully saturated rings. The summed E-state index contributed by atoms with van der Waals surface area (Å²) in [6.45, 7) is 6.17. The van der Waals surface area contributed by atoms with Gasteiger partial charge in [-0.05, 0) is 48.4 Å². The van der Waals surface area contributed by atoms with E-state index >= 15 is 0 Å². The van der Waals surface area contributed by atoms with Crippen LogP contribution in [0.25, 0.3) is 11.0 Å². The zero-order chi connectivity index (χ0) is 13.9. The van der Waals surface area contributed by atoms with Crippen LogP contribution >= 0.6 is 11.3 Å². The fourth-order valence-corrected chi connectivity index (χ4v) is 3.26. The van der Waals surface area contributed by atoms with E-state index < -0.39 is 0 Å². The summed E-state index contributed by atoms with van der Waals surface area (Å²) in [5.41, 5.74) is 3.66. The van der Waals surface area contributed by atoms with Gasteiger partial charge in [0.05, 0.1) is 11.0 Å². The van der Waals surface area contributed by atoms with Crippen LogP contribution in [0.4, 0.5) is 0 Å². The van der Waals surface area contributed by atoms with Crippen molar-refractivity contribution in [3.8, 4) is 0 Å². The first-order valence-electron chi connectivity index (χ1n) is 6.93. The monoisotopic (exact) mass is 285 g/mol. The van der Waals surface area contributed by atoms with Crippen LogP contribution in [0.2, 0.25) is 0 Å². The summed E-state index contributed by atoms with van der Waals surface area (Å²) < 4.78 is 2.28. The molecular weight excluding hydrogens is 266 g/mol. The molecule has 0 aliphatic heterocycles. The highest BCUT2D eigenvalue weighted by molar-refractivity contribution is 7.07. The van der Waals surface area contributed by atoms with Crippen molar-refractivity contribution in [2.24, 2.45) is 0 Å². The quantitative estimate of drug-likeness (QED) is 0.773. The lowest BCUT2D eigenvalue weighted by Gasteiger charge is -2.13. The molecule has 0 radical (unpaired) electrons. The first-order chi connectivity index (χ1) is 9.75. The second-order valence-corrected chi connectivity index (χ2v) is 5.81. The van der Waals surface area contributed by atoms with Gasteiger partial charge in [0.1, 0.15) is 5.82 Å². The van der Waals surface area contributed by atoms with Crippen molar-refractivity contribution in [3.63, 3.8) is 0 Å². The van der Waals surface area contributed by atoms with Crippen LogP contribution in [0.15, 0.2) is 41.1 Å². The highest BCUT2D eigenvalue weighted by Gasteiger charge is 2.08. The van der Waals surface area contributed by atoms with Gasteiger partial charge in [0.2, 0.25) is 0 Å². The van der Waals surface area contributed by atoms with Crippen LogP contribution in [0.1, 0.15) is 24.4 Å². The second kappa shape index (κ2) is 5.77. The van der Waals surface area contributed by atoms with E-state index in [0.717, 1.165) is 24.4 Å². The number of aromatic nitrogens is 2. The molecule has 0 aliphatic carbocycles. The largest absolute Gasteiger partial charge is 0.327 e. The van der Waals surface area contributed by atoms with Gasteiger partial charge in [-0.15, -0.1) is 0 Å². The SMILES string of the molecule is Cc1nc2ccccc2n1CCNC(C)c1ccsc1. The smallest absolute Gasteiger partial charge is 0.106 e. The second-order valence-electron chi connectivity index (χ2n) is 5.03. The summed E-state index contributed by atoms with van der Waals surface area (Å²) >= 11 is 1.75. The summed E-state index contributed by atoms with van der Waals surface area (Å²) in [6, 6.07) is 10.9. The zero-order valence-corrected chi connectivity index (χ0v) is 12.7. The number of rotatable bonds is 5. The summed E-state index contributed by atoms with van der Waals surface area (Å²) in [7, 11) is 0. The number of imidazole rings is 1. The van der Waals surface area contributed by atoms with Gasteiger partial charge in [-0.2, -0.15) is 11.3 Å². The van der Waals surface area contributed by atoms with Crippen molar-refractivity contribution in [2.75, 3.05) is 6.54 Å². The minimum atomic E-state index is 0.399. The average Bonchev–Trinajstić information content (AvgIpc) is 3.07. The number of fused-ring (bicyclic) bond motifs is 1. The van der Waals surface area contributed by atoms with Gasteiger partial charge >= 0.3 is 0 Å². The first kappa shape index (κ1) is 13.3. The summed E-state index contributed by atoms with van der Waals surface area (Å²) in [5, 5.41) is 7.90. The number of para-hydroxylation sites is 2. The van der Waals surface area contributed by atoms with Crippen molar-refractivity contribution < 1.29 is 0 Å². The van der Waals surface area contributed by atoms with E-state index in [9.17, 15) is 0 Å². The predicted octanol–water partition coefficient (Wildman–Crippen LogP) is 3.76. The Morgan fingerprint density at radius 1 is 1.30 bits per heavy atom. The molecule has 0 amide bonds. The van der Waals surface area contributed by atoms with Crippen LogP contribution in [0.5, 0.6) is 0 Å². The van der Waals surface area contributed by atoms with Gasteiger partial charge in [-0.25, -0.2) is 4.98 Å². The molecule has 4 heteroatoms. The van der Waals surface area contributed by atoms with Crippen molar-refractivity contribution in [3.05, 3.63) is 52.5 Å². The minimum Gasteiger partial charge on any atom is -0.327 e. The molecule has 0 spiro atoms. The molecule has 104 valence electrons. The lowest BCUT2D eigenvalue weighted by Crippen LogP contribution is -2.23. The normalized spacial score (nSPS) is 12.9. The maximum Gasteiger partial charge on any atom is 0.106 e. The molecule has 2 aromatic heterocycles. The molecule has 2 heterocycles. The van der Waals surface area contributed by atoms with Gasteiger partial charge in [0, 0.05) is 19.1 Å². The number of nitrogens with one attached hydrogen (secondary N) is 1. The number of aryl methyl sites for hydroxylation is 1. The zero-order valence-electron chi connectivity index (χ0n) is 11.8. The van der Waals surface area contributed by atoms with Crippen molar-refractivity contribution >= 4 is 22.4 Å². The Labute approximate surface area is 123 Å². The predicted molar refractivity (Wildman–Crippen MR) is 85.2 cm³/mol. The Bertz CT molecular complexity index is 685.